The van der Waals surface area contributed by atoms with Crippen LogP contribution in [0.4, 0.5) is 0 Å². The highest BCUT2D eigenvalue weighted by atomic mass is 16.1. The number of carbonyl (C=O) groups is 1. The summed E-state index contributed by atoms with van der Waals surface area (Å²) in [5.74, 6) is 1.00. The van der Waals surface area contributed by atoms with Crippen molar-refractivity contribution < 1.29 is 4.79 Å². The van der Waals surface area contributed by atoms with E-state index in [0.717, 1.165) is 31.4 Å². The first-order valence-corrected chi connectivity index (χ1v) is 6.77. The van der Waals surface area contributed by atoms with Gasteiger partial charge in [-0.3, -0.25) is 4.90 Å². The average molecular weight is 251 g/mol. The molecule has 102 valence electrons. The van der Waals surface area contributed by atoms with Crippen LogP contribution in [0.5, 0.6) is 0 Å². The van der Waals surface area contributed by atoms with Crippen LogP contribution in [0.2, 0.25) is 0 Å². The predicted molar refractivity (Wildman–Crippen MR) is 73.5 cm³/mol. The molecule has 0 saturated carbocycles. The van der Waals surface area contributed by atoms with Crippen LogP contribution in [0, 0.1) is 0 Å². The maximum Gasteiger partial charge on any atom is 0.137 e. The number of hydrogen-bond donors (Lipinski definition) is 1. The summed E-state index contributed by atoms with van der Waals surface area (Å²) in [6.45, 7) is 8.57. The Morgan fingerprint density at radius 3 is 2.44 bits per heavy atom. The zero-order chi connectivity index (χ0) is 13.5. The van der Waals surface area contributed by atoms with Crippen LogP contribution in [0.1, 0.15) is 46.4 Å². The minimum atomic E-state index is 0.0139. The van der Waals surface area contributed by atoms with Gasteiger partial charge >= 0.3 is 0 Å². The van der Waals surface area contributed by atoms with Gasteiger partial charge in [0.25, 0.3) is 0 Å². The van der Waals surface area contributed by atoms with Gasteiger partial charge in [-0.2, -0.15) is 0 Å². The van der Waals surface area contributed by atoms with Gasteiger partial charge in [0, 0.05) is 30.9 Å². The van der Waals surface area contributed by atoms with E-state index in [1.165, 1.54) is 0 Å². The van der Waals surface area contributed by atoms with Crippen LogP contribution in [0.25, 0.3) is 0 Å². The van der Waals surface area contributed by atoms with E-state index in [4.69, 9.17) is 0 Å². The van der Waals surface area contributed by atoms with Gasteiger partial charge in [0.1, 0.15) is 12.1 Å². The number of nitrogens with one attached hydrogen (secondary N) is 1. The number of carbonyl (C=O) groups excluding carboxylic acids is 1. The molecule has 1 rings (SSSR count). The van der Waals surface area contributed by atoms with Gasteiger partial charge in [0.2, 0.25) is 0 Å². The van der Waals surface area contributed by atoms with Gasteiger partial charge in [-0.25, -0.2) is 4.98 Å². The molecule has 1 atom stereocenters. The molecule has 0 aromatic carbocycles. The molecule has 0 aliphatic rings. The van der Waals surface area contributed by atoms with E-state index in [0.29, 0.717) is 12.1 Å². The lowest BCUT2D eigenvalue weighted by atomic mass is 10.1. The fourth-order valence-electron chi connectivity index (χ4n) is 2.56. The fraction of sp³-hybridized carbons (Fsp3) is 0.714. The molecular formula is C14H25N3O. The Hall–Kier alpha value is -1.16. The largest absolute Gasteiger partial charge is 0.349 e. The van der Waals surface area contributed by atoms with Crippen molar-refractivity contribution in [3.05, 3.63) is 18.2 Å². The van der Waals surface area contributed by atoms with Crippen molar-refractivity contribution >= 4 is 6.29 Å². The second kappa shape index (κ2) is 7.31. The number of aromatic nitrogens is 2. The molecule has 18 heavy (non-hydrogen) atoms. The zero-order valence-electron chi connectivity index (χ0n) is 11.9. The quantitative estimate of drug-likeness (QED) is 0.722. The molecule has 0 bridgehead atoms. The van der Waals surface area contributed by atoms with Crippen LogP contribution in [-0.2, 0) is 11.2 Å². The highest BCUT2D eigenvalue weighted by Gasteiger charge is 2.22. The van der Waals surface area contributed by atoms with Gasteiger partial charge in [-0.15, -0.1) is 0 Å². The zero-order valence-corrected chi connectivity index (χ0v) is 11.9. The van der Waals surface area contributed by atoms with Crippen LogP contribution < -0.4 is 0 Å². The third-order valence-electron chi connectivity index (χ3n) is 3.20. The van der Waals surface area contributed by atoms with Gasteiger partial charge in [0.15, 0.2) is 0 Å². The monoisotopic (exact) mass is 251 g/mol. The van der Waals surface area contributed by atoms with E-state index < -0.39 is 0 Å². The van der Waals surface area contributed by atoms with Crippen LogP contribution in [-0.4, -0.2) is 39.3 Å². The van der Waals surface area contributed by atoms with Crippen LogP contribution in [0.3, 0.4) is 0 Å². The molecule has 4 nitrogen and oxygen atoms in total. The molecular weight excluding hydrogens is 226 g/mol. The Morgan fingerprint density at radius 2 is 2.00 bits per heavy atom. The molecule has 1 N–H and O–H groups in total. The van der Waals surface area contributed by atoms with Gasteiger partial charge in [-0.05, 0) is 40.5 Å². The van der Waals surface area contributed by atoms with E-state index in [1.54, 1.807) is 6.20 Å². The Bertz CT molecular complexity index is 325. The maximum atomic E-state index is 11.3. The standard InChI is InChI=1S/C14H25N3O/c1-11(2)17(12(3)4)13(10-18)6-5-7-14-15-8-9-16-14/h8-13H,5-7H2,1-4H3,(H,15,16). The Labute approximate surface area is 110 Å². The molecule has 1 heterocycles. The van der Waals surface area contributed by atoms with Crippen molar-refractivity contribution in [2.45, 2.75) is 65.1 Å². The van der Waals surface area contributed by atoms with Crippen LogP contribution >= 0.6 is 0 Å². The topological polar surface area (TPSA) is 49.0 Å². The Balaban J connectivity index is 2.47. The lowest BCUT2D eigenvalue weighted by Gasteiger charge is -2.35. The minimum Gasteiger partial charge on any atom is -0.349 e. The Morgan fingerprint density at radius 1 is 1.33 bits per heavy atom. The summed E-state index contributed by atoms with van der Waals surface area (Å²) in [6.07, 6.45) is 7.46. The summed E-state index contributed by atoms with van der Waals surface area (Å²) in [7, 11) is 0. The SMILES string of the molecule is CC(C)N(C(C)C)C(C=O)CCCc1ncc[nH]1. The van der Waals surface area contributed by atoms with Crippen molar-refractivity contribution in [1.29, 1.82) is 0 Å². The molecule has 0 spiro atoms. The molecule has 1 aromatic rings. The fourth-order valence-corrected chi connectivity index (χ4v) is 2.56. The van der Waals surface area contributed by atoms with E-state index in [9.17, 15) is 4.79 Å². The first kappa shape index (κ1) is 14.9. The van der Waals surface area contributed by atoms with E-state index in [1.807, 2.05) is 6.20 Å². The Kier molecular flexibility index (Phi) is 6.05. The van der Waals surface area contributed by atoms with E-state index in [2.05, 4.69) is 42.6 Å². The summed E-state index contributed by atoms with van der Waals surface area (Å²) in [5, 5.41) is 0. The number of aldehydes is 1. The molecule has 1 aromatic heterocycles. The summed E-state index contributed by atoms with van der Waals surface area (Å²) >= 11 is 0. The lowest BCUT2D eigenvalue weighted by Crippen LogP contribution is -2.45. The summed E-state index contributed by atoms with van der Waals surface area (Å²) in [5.41, 5.74) is 0. The van der Waals surface area contributed by atoms with Crippen LogP contribution in [0.15, 0.2) is 12.4 Å². The number of aryl methyl sites for hydroxylation is 1. The number of hydrogen-bond acceptors (Lipinski definition) is 3. The molecule has 0 radical (unpaired) electrons. The second-order valence-corrected chi connectivity index (χ2v) is 5.27. The number of nitrogens with zero attached hydrogens (tertiary/aromatic N) is 2. The van der Waals surface area contributed by atoms with E-state index in [-0.39, 0.29) is 6.04 Å². The molecule has 1 unspecified atom stereocenters. The third-order valence-corrected chi connectivity index (χ3v) is 3.20. The van der Waals surface area contributed by atoms with Crippen molar-refractivity contribution in [2.75, 3.05) is 0 Å². The predicted octanol–water partition coefficient (Wildman–Crippen LogP) is 2.42. The molecule has 0 saturated heterocycles. The van der Waals surface area contributed by atoms with Gasteiger partial charge in [-0.1, -0.05) is 0 Å². The number of imidazole rings is 1. The van der Waals surface area contributed by atoms with Gasteiger partial charge in [0.05, 0.1) is 6.04 Å². The number of aromatic amines is 1. The molecule has 4 heteroatoms. The normalized spacial score (nSPS) is 13.5. The summed E-state index contributed by atoms with van der Waals surface area (Å²) < 4.78 is 0. The lowest BCUT2D eigenvalue weighted by molar-refractivity contribution is -0.114. The van der Waals surface area contributed by atoms with Crippen molar-refractivity contribution in [1.82, 2.24) is 14.9 Å². The number of rotatable bonds is 8. The van der Waals surface area contributed by atoms with E-state index >= 15 is 0 Å². The average Bonchev–Trinajstić information content (AvgIpc) is 2.79. The third kappa shape index (κ3) is 4.26. The first-order valence-electron chi connectivity index (χ1n) is 6.77. The molecule has 0 amide bonds. The molecule has 0 aliphatic carbocycles. The minimum absolute atomic E-state index is 0.0139. The smallest absolute Gasteiger partial charge is 0.137 e. The van der Waals surface area contributed by atoms with Crippen molar-refractivity contribution in [3.63, 3.8) is 0 Å². The first-order chi connectivity index (χ1) is 8.56. The van der Waals surface area contributed by atoms with Gasteiger partial charge < -0.3 is 9.78 Å². The highest BCUT2D eigenvalue weighted by Crippen LogP contribution is 2.14. The maximum absolute atomic E-state index is 11.3. The molecule has 0 fully saturated rings. The summed E-state index contributed by atoms with van der Waals surface area (Å²) in [6, 6.07) is 0.799. The van der Waals surface area contributed by atoms with Crippen molar-refractivity contribution in [2.24, 2.45) is 0 Å². The number of H-pyrrole nitrogens is 1. The molecule has 0 aliphatic heterocycles. The highest BCUT2D eigenvalue weighted by molar-refractivity contribution is 5.57. The van der Waals surface area contributed by atoms with Crippen molar-refractivity contribution in [3.8, 4) is 0 Å². The summed E-state index contributed by atoms with van der Waals surface area (Å²) in [4.78, 5) is 20.8. The second-order valence-electron chi connectivity index (χ2n) is 5.27.